The Morgan fingerprint density at radius 3 is 2.53 bits per heavy atom. The zero-order valence-electron chi connectivity index (χ0n) is 9.83. The molecule has 0 spiro atoms. The van der Waals surface area contributed by atoms with Crippen LogP contribution >= 0.6 is 0 Å². The molecular weight excluding hydrogens is 283 g/mol. The molecule has 1 aromatic carbocycles. The quantitative estimate of drug-likeness (QED) is 0.665. The largest absolute Gasteiger partial charge is 0.534 e. The Hall–Kier alpha value is -1.28. The third kappa shape index (κ3) is 3.01. The summed E-state index contributed by atoms with van der Waals surface area (Å²) in [5.74, 6) is -0.237. The molecule has 1 N–H and O–H groups in total. The lowest BCUT2D eigenvalue weighted by molar-refractivity contribution is -0.0500. The summed E-state index contributed by atoms with van der Waals surface area (Å²) in [5, 5.41) is 3.09. The van der Waals surface area contributed by atoms with Crippen LogP contribution in [0.3, 0.4) is 0 Å². The highest BCUT2D eigenvalue weighted by molar-refractivity contribution is 7.88. The summed E-state index contributed by atoms with van der Waals surface area (Å²) in [7, 11) is -5.62. The zero-order valence-corrected chi connectivity index (χ0v) is 10.6. The molecule has 1 aliphatic rings. The highest BCUT2D eigenvalue weighted by atomic mass is 32.2. The van der Waals surface area contributed by atoms with Crippen LogP contribution in [0.15, 0.2) is 18.2 Å². The van der Waals surface area contributed by atoms with Gasteiger partial charge >= 0.3 is 15.6 Å². The summed E-state index contributed by atoms with van der Waals surface area (Å²) < 4.78 is 63.2. The van der Waals surface area contributed by atoms with Crippen LogP contribution in [-0.4, -0.2) is 27.0 Å². The fourth-order valence-electron chi connectivity index (χ4n) is 1.93. The molecule has 0 aliphatic carbocycles. The van der Waals surface area contributed by atoms with Crippen molar-refractivity contribution >= 4 is 10.1 Å². The molecule has 4 nitrogen and oxygen atoms in total. The lowest BCUT2D eigenvalue weighted by Gasteiger charge is -2.14. The van der Waals surface area contributed by atoms with Crippen molar-refractivity contribution in [3.63, 3.8) is 0 Å². The van der Waals surface area contributed by atoms with E-state index >= 15 is 0 Å². The topological polar surface area (TPSA) is 55.4 Å². The fraction of sp³-hybridized carbons (Fsp3) is 0.455. The molecule has 0 radical (unpaired) electrons. The first kappa shape index (κ1) is 14.1. The summed E-state index contributed by atoms with van der Waals surface area (Å²) in [5.41, 5.74) is -4.10. The van der Waals surface area contributed by atoms with Crippen molar-refractivity contribution in [2.24, 2.45) is 0 Å². The molecule has 0 unspecified atom stereocenters. The van der Waals surface area contributed by atoms with Gasteiger partial charge < -0.3 is 9.50 Å². The van der Waals surface area contributed by atoms with Gasteiger partial charge in [-0.3, -0.25) is 0 Å². The third-order valence-corrected chi connectivity index (χ3v) is 3.80. The van der Waals surface area contributed by atoms with Crippen LogP contribution in [0.4, 0.5) is 13.2 Å². The molecule has 2 rings (SSSR count). The molecule has 106 valence electrons. The van der Waals surface area contributed by atoms with Gasteiger partial charge in [0.25, 0.3) is 0 Å². The Labute approximate surface area is 108 Å². The molecule has 0 fully saturated rings. The Morgan fingerprint density at radius 1 is 1.16 bits per heavy atom. The number of halogens is 3. The van der Waals surface area contributed by atoms with E-state index in [1.165, 1.54) is 12.1 Å². The maximum Gasteiger partial charge on any atom is 0.534 e. The normalized spacial score (nSPS) is 16.6. The molecule has 0 saturated carbocycles. The maximum atomic E-state index is 12.3. The molecule has 0 bridgehead atoms. The van der Waals surface area contributed by atoms with E-state index in [0.29, 0.717) is 31.5 Å². The molecule has 0 atom stereocenters. The molecular formula is C11H12F3NO3S. The van der Waals surface area contributed by atoms with Crippen molar-refractivity contribution in [1.29, 1.82) is 0 Å². The van der Waals surface area contributed by atoms with Crippen LogP contribution in [0, 0.1) is 0 Å². The molecule has 0 saturated heterocycles. The van der Waals surface area contributed by atoms with Gasteiger partial charge in [-0.1, -0.05) is 12.1 Å². The van der Waals surface area contributed by atoms with E-state index in [1.807, 2.05) is 0 Å². The van der Waals surface area contributed by atoms with Gasteiger partial charge in [-0.25, -0.2) is 0 Å². The molecule has 1 heterocycles. The first-order valence-electron chi connectivity index (χ1n) is 5.63. The standard InChI is InChI=1S/C11H12F3NO3S/c12-11(13,14)19(16,17)18-10-3-1-2-8-4-6-15-7-5-9(8)10/h1-3,15H,4-7H2. The van der Waals surface area contributed by atoms with Crippen molar-refractivity contribution in [3.05, 3.63) is 29.3 Å². The smallest absolute Gasteiger partial charge is 0.376 e. The Morgan fingerprint density at radius 2 is 1.84 bits per heavy atom. The van der Waals surface area contributed by atoms with Gasteiger partial charge in [0.05, 0.1) is 0 Å². The van der Waals surface area contributed by atoms with Gasteiger partial charge in [-0.05, 0) is 37.6 Å². The van der Waals surface area contributed by atoms with Crippen LogP contribution in [0.1, 0.15) is 11.1 Å². The zero-order chi connectivity index (χ0) is 14.1. The number of benzene rings is 1. The summed E-state index contributed by atoms with van der Waals surface area (Å²) in [6.45, 7) is 1.27. The second-order valence-electron chi connectivity index (χ2n) is 4.13. The second-order valence-corrected chi connectivity index (χ2v) is 5.66. The van der Waals surface area contributed by atoms with Gasteiger partial charge in [-0.15, -0.1) is 0 Å². The lowest BCUT2D eigenvalue weighted by Crippen LogP contribution is -2.28. The van der Waals surface area contributed by atoms with E-state index in [9.17, 15) is 21.6 Å². The second kappa shape index (κ2) is 5.01. The highest BCUT2D eigenvalue weighted by Gasteiger charge is 2.48. The first-order valence-corrected chi connectivity index (χ1v) is 7.04. The minimum absolute atomic E-state index is 0.237. The van der Waals surface area contributed by atoms with E-state index in [4.69, 9.17) is 0 Å². The van der Waals surface area contributed by atoms with Crippen molar-refractivity contribution in [3.8, 4) is 5.75 Å². The monoisotopic (exact) mass is 295 g/mol. The Bertz CT molecular complexity index is 569. The Balaban J connectivity index is 2.37. The summed E-state index contributed by atoms with van der Waals surface area (Å²) in [6, 6.07) is 4.49. The van der Waals surface area contributed by atoms with E-state index in [-0.39, 0.29) is 5.75 Å². The maximum absolute atomic E-state index is 12.3. The molecule has 1 aliphatic heterocycles. The molecule has 0 amide bonds. The van der Waals surface area contributed by atoms with Crippen LogP contribution in [-0.2, 0) is 23.0 Å². The average molecular weight is 295 g/mol. The van der Waals surface area contributed by atoms with Gasteiger partial charge in [-0.2, -0.15) is 21.6 Å². The molecule has 0 aromatic heterocycles. The highest BCUT2D eigenvalue weighted by Crippen LogP contribution is 2.31. The van der Waals surface area contributed by atoms with Gasteiger partial charge in [0, 0.05) is 5.56 Å². The van der Waals surface area contributed by atoms with Gasteiger partial charge in [0.1, 0.15) is 5.75 Å². The molecule has 19 heavy (non-hydrogen) atoms. The first-order chi connectivity index (χ1) is 8.81. The number of alkyl halides is 3. The van der Waals surface area contributed by atoms with Crippen molar-refractivity contribution in [1.82, 2.24) is 5.32 Å². The van der Waals surface area contributed by atoms with Crippen LogP contribution in [0.2, 0.25) is 0 Å². The predicted molar refractivity (Wildman–Crippen MR) is 62.3 cm³/mol. The van der Waals surface area contributed by atoms with Gasteiger partial charge in [0.15, 0.2) is 0 Å². The predicted octanol–water partition coefficient (Wildman–Crippen LogP) is 1.60. The summed E-state index contributed by atoms with van der Waals surface area (Å²) >= 11 is 0. The number of rotatable bonds is 2. The summed E-state index contributed by atoms with van der Waals surface area (Å²) in [4.78, 5) is 0. The lowest BCUT2D eigenvalue weighted by atomic mass is 10.0. The van der Waals surface area contributed by atoms with Crippen molar-refractivity contribution in [2.45, 2.75) is 18.3 Å². The van der Waals surface area contributed by atoms with Gasteiger partial charge in [0.2, 0.25) is 0 Å². The minimum Gasteiger partial charge on any atom is -0.376 e. The Kier molecular flexibility index (Phi) is 3.73. The number of nitrogens with one attached hydrogen (secondary N) is 1. The average Bonchev–Trinajstić information content (AvgIpc) is 2.52. The molecule has 1 aromatic rings. The minimum atomic E-state index is -5.62. The number of hydrogen-bond donors (Lipinski definition) is 1. The summed E-state index contributed by atoms with van der Waals surface area (Å²) in [6.07, 6.45) is 1.05. The third-order valence-electron chi connectivity index (χ3n) is 2.84. The fourth-order valence-corrected chi connectivity index (χ4v) is 2.42. The van der Waals surface area contributed by atoms with Crippen molar-refractivity contribution in [2.75, 3.05) is 13.1 Å². The van der Waals surface area contributed by atoms with E-state index < -0.39 is 15.6 Å². The number of fused-ring (bicyclic) bond motifs is 1. The molecule has 8 heteroatoms. The van der Waals surface area contributed by atoms with E-state index in [2.05, 4.69) is 9.50 Å². The van der Waals surface area contributed by atoms with E-state index in [1.54, 1.807) is 6.07 Å². The SMILES string of the molecule is O=S(=O)(Oc1cccc2c1CCNCC2)C(F)(F)F. The van der Waals surface area contributed by atoms with E-state index in [0.717, 1.165) is 5.56 Å². The van der Waals surface area contributed by atoms with Crippen LogP contribution < -0.4 is 9.50 Å². The number of hydrogen-bond acceptors (Lipinski definition) is 4. The van der Waals surface area contributed by atoms with Crippen LogP contribution in [0.25, 0.3) is 0 Å². The van der Waals surface area contributed by atoms with Crippen molar-refractivity contribution < 1.29 is 25.8 Å². The van der Waals surface area contributed by atoms with Crippen LogP contribution in [0.5, 0.6) is 5.75 Å².